The molecule has 178 valence electrons. The maximum Gasteiger partial charge on any atom is 0.204 e. The number of para-hydroxylation sites is 1. The molecule has 7 nitrogen and oxygen atoms in total. The molecule has 8 heteroatoms. The second kappa shape index (κ2) is 12.4. The first-order chi connectivity index (χ1) is 16.0. The van der Waals surface area contributed by atoms with Crippen molar-refractivity contribution in [1.29, 1.82) is 0 Å². The maximum atomic E-state index is 12.3. The normalized spacial score (nSPS) is 15.6. The molecular formula is C25H31N2O5S-. The van der Waals surface area contributed by atoms with Crippen molar-refractivity contribution < 1.29 is 23.1 Å². The average Bonchev–Trinajstić information content (AvgIpc) is 3.27. The van der Waals surface area contributed by atoms with E-state index in [0.29, 0.717) is 29.5 Å². The molecule has 0 fully saturated rings. The molecule has 33 heavy (non-hydrogen) atoms. The lowest BCUT2D eigenvalue weighted by molar-refractivity contribution is -0.246. The fourth-order valence-corrected chi connectivity index (χ4v) is 5.23. The monoisotopic (exact) mass is 471 g/mol. The molecule has 0 N–H and O–H groups in total. The van der Waals surface area contributed by atoms with E-state index in [1.165, 1.54) is 0 Å². The Morgan fingerprint density at radius 3 is 2.21 bits per heavy atom. The van der Waals surface area contributed by atoms with Crippen molar-refractivity contribution in [3.8, 4) is 0 Å². The summed E-state index contributed by atoms with van der Waals surface area (Å²) in [5.74, 6) is 0.618. The number of hydrogen-bond acceptors (Lipinski definition) is 6. The van der Waals surface area contributed by atoms with Gasteiger partial charge in [0.15, 0.2) is 9.84 Å². The summed E-state index contributed by atoms with van der Waals surface area (Å²) < 4.78 is 30.1. The van der Waals surface area contributed by atoms with Gasteiger partial charge in [-0.25, -0.2) is 13.4 Å². The van der Waals surface area contributed by atoms with E-state index in [2.05, 4.69) is 4.99 Å². The Kier molecular flexibility index (Phi) is 9.30. The van der Waals surface area contributed by atoms with Crippen LogP contribution in [-0.4, -0.2) is 45.4 Å². The lowest BCUT2D eigenvalue weighted by Gasteiger charge is -2.24. The highest BCUT2D eigenvalue weighted by Crippen LogP contribution is 2.18. The van der Waals surface area contributed by atoms with E-state index in [-0.39, 0.29) is 18.3 Å². The summed E-state index contributed by atoms with van der Waals surface area (Å²) in [6, 6.07) is 17.4. The quantitative estimate of drug-likeness (QED) is 0.413. The maximum absolute atomic E-state index is 12.3. The summed E-state index contributed by atoms with van der Waals surface area (Å²) in [5, 5.41) is 11.5. The highest BCUT2D eigenvalue weighted by atomic mass is 32.2. The van der Waals surface area contributed by atoms with Crippen LogP contribution in [0.25, 0.3) is 0 Å². The number of unbranched alkanes of at least 4 members (excludes halogenated alkanes) is 5. The number of carboxylic acid groups (broad SMARTS) is 1. The fourth-order valence-electron chi connectivity index (χ4n) is 3.83. The molecular weight excluding hydrogens is 440 g/mol. The predicted octanol–water partition coefficient (Wildman–Crippen LogP) is 3.84. The molecule has 1 unspecified atom stereocenters. The molecule has 0 saturated heterocycles. The van der Waals surface area contributed by atoms with E-state index in [1.54, 1.807) is 48.5 Å². The molecule has 1 atom stereocenters. The first-order valence-electron chi connectivity index (χ1n) is 11.5. The number of rotatable bonds is 13. The summed E-state index contributed by atoms with van der Waals surface area (Å²) in [5.41, 5.74) is 0.531. The zero-order chi connectivity index (χ0) is 23.5. The highest BCUT2D eigenvalue weighted by molar-refractivity contribution is 7.91. The van der Waals surface area contributed by atoms with Gasteiger partial charge in [0.25, 0.3) is 0 Å². The third-order valence-electron chi connectivity index (χ3n) is 5.65. The van der Waals surface area contributed by atoms with Crippen molar-refractivity contribution in [2.24, 2.45) is 4.99 Å². The van der Waals surface area contributed by atoms with Crippen molar-refractivity contribution in [2.75, 3.05) is 23.8 Å². The van der Waals surface area contributed by atoms with Gasteiger partial charge in [0.2, 0.25) is 5.90 Å². The van der Waals surface area contributed by atoms with Gasteiger partial charge < -0.3 is 19.5 Å². The molecule has 0 bridgehead atoms. The Hall–Kier alpha value is -2.87. The minimum Gasteiger partial charge on any atom is -0.530 e. The van der Waals surface area contributed by atoms with Crippen LogP contribution in [0.15, 0.2) is 70.6 Å². The number of sulfone groups is 1. The number of carbonyl (C=O) groups excluding carboxylic acids is 1. The zero-order valence-electron chi connectivity index (χ0n) is 18.8. The second-order valence-electron chi connectivity index (χ2n) is 8.22. The molecule has 1 aliphatic heterocycles. The molecule has 3 rings (SSSR count). The number of ether oxygens (including phenoxy) is 1. The number of carbonyl (C=O) groups is 1. The lowest BCUT2D eigenvalue weighted by Crippen LogP contribution is -2.44. The van der Waals surface area contributed by atoms with Gasteiger partial charge in [-0.2, -0.15) is 0 Å². The van der Waals surface area contributed by atoms with Gasteiger partial charge in [-0.05, 0) is 37.1 Å². The number of anilines is 1. The van der Waals surface area contributed by atoms with Crippen LogP contribution in [0.3, 0.4) is 0 Å². The van der Waals surface area contributed by atoms with E-state index in [9.17, 15) is 18.3 Å². The number of hydrogen-bond donors (Lipinski definition) is 0. The Morgan fingerprint density at radius 1 is 0.939 bits per heavy atom. The minimum absolute atomic E-state index is 0.0503. The smallest absolute Gasteiger partial charge is 0.204 e. The van der Waals surface area contributed by atoms with Crippen LogP contribution >= 0.6 is 0 Å². The highest BCUT2D eigenvalue weighted by Gasteiger charge is 2.21. The second-order valence-corrected chi connectivity index (χ2v) is 10.3. The Bertz CT molecular complexity index is 1010. The fraction of sp³-hybridized carbons (Fsp3) is 0.440. The van der Waals surface area contributed by atoms with Crippen molar-refractivity contribution >= 4 is 27.5 Å². The molecule has 0 radical (unpaired) electrons. The Labute approximate surface area is 196 Å². The van der Waals surface area contributed by atoms with Crippen LogP contribution in [-0.2, 0) is 14.6 Å². The summed E-state index contributed by atoms with van der Waals surface area (Å²) in [6.45, 7) is 0.525. The molecule has 2 aromatic rings. The van der Waals surface area contributed by atoms with Crippen LogP contribution in [0.1, 0.15) is 44.9 Å². The molecule has 0 aromatic heterocycles. The molecule has 1 aliphatic rings. The third kappa shape index (κ3) is 7.89. The Balaban J connectivity index is 1.30. The molecule has 2 aromatic carbocycles. The number of benzene rings is 2. The van der Waals surface area contributed by atoms with Crippen molar-refractivity contribution in [3.05, 3.63) is 60.7 Å². The third-order valence-corrected chi connectivity index (χ3v) is 7.47. The average molecular weight is 472 g/mol. The van der Waals surface area contributed by atoms with E-state index >= 15 is 0 Å². The van der Waals surface area contributed by atoms with Crippen molar-refractivity contribution in [1.82, 2.24) is 0 Å². The predicted molar refractivity (Wildman–Crippen MR) is 127 cm³/mol. The summed E-state index contributed by atoms with van der Waals surface area (Å²) in [4.78, 5) is 17.5. The topological polar surface area (TPSA) is 99.1 Å². The van der Waals surface area contributed by atoms with Gasteiger partial charge in [-0.15, -0.1) is 0 Å². The van der Waals surface area contributed by atoms with Crippen LogP contribution in [0, 0.1) is 0 Å². The number of amides is 1. The van der Waals surface area contributed by atoms with E-state index in [1.807, 2.05) is 12.1 Å². The lowest BCUT2D eigenvalue weighted by atomic mass is 10.1. The molecule has 0 aliphatic carbocycles. The zero-order valence-corrected chi connectivity index (χ0v) is 19.6. The van der Waals surface area contributed by atoms with Gasteiger partial charge in [0.05, 0.1) is 16.7 Å². The molecule has 0 spiro atoms. The van der Waals surface area contributed by atoms with E-state index in [4.69, 9.17) is 4.74 Å². The van der Waals surface area contributed by atoms with Crippen molar-refractivity contribution in [2.45, 2.75) is 55.9 Å². The number of aliphatic imine (C=N–C) groups is 1. The summed E-state index contributed by atoms with van der Waals surface area (Å²) >= 11 is 0. The number of nitrogens with zero attached hydrogens (tertiary/aromatic N) is 2. The van der Waals surface area contributed by atoms with Crippen LogP contribution in [0.2, 0.25) is 0 Å². The van der Waals surface area contributed by atoms with Crippen molar-refractivity contribution in [3.63, 3.8) is 0 Å². The van der Waals surface area contributed by atoms with Crippen LogP contribution in [0.4, 0.5) is 10.5 Å². The van der Waals surface area contributed by atoms with E-state index < -0.39 is 15.9 Å². The molecule has 1 amide bonds. The summed E-state index contributed by atoms with van der Waals surface area (Å²) in [6.07, 6.45) is 5.32. The van der Waals surface area contributed by atoms with Gasteiger partial charge in [-0.3, -0.25) is 0 Å². The molecule has 1 heterocycles. The largest absolute Gasteiger partial charge is 0.530 e. The first-order valence-corrected chi connectivity index (χ1v) is 13.1. The molecule has 0 saturated carbocycles. The van der Waals surface area contributed by atoms with Crippen LogP contribution in [0.5, 0.6) is 0 Å². The van der Waals surface area contributed by atoms with E-state index in [0.717, 1.165) is 43.4 Å². The Morgan fingerprint density at radius 2 is 1.55 bits per heavy atom. The first kappa shape index (κ1) is 24.8. The standard InChI is InChI=1S/C25H32N2O5S/c28-25(29)27(22-14-8-5-9-15-22)19-24-26-21(20-32-24)13-7-3-1-2-4-12-18-33(30,31)23-16-10-6-11-17-23/h5-6,8-11,14-17,21H,1-4,7,12-13,18-20H2,(H,28,29)/p-1. The minimum atomic E-state index is -3.18. The van der Waals surface area contributed by atoms with Gasteiger partial charge in [0, 0.05) is 5.69 Å². The SMILES string of the molecule is O=C([O-])N(CC1=NC(CCCCCCCCS(=O)(=O)c2ccccc2)CO1)c1ccccc1. The van der Waals surface area contributed by atoms with Gasteiger partial charge in [-0.1, -0.05) is 68.5 Å². The van der Waals surface area contributed by atoms with Gasteiger partial charge >= 0.3 is 0 Å². The van der Waals surface area contributed by atoms with Gasteiger partial charge in [0.1, 0.15) is 19.2 Å². The van der Waals surface area contributed by atoms with Crippen LogP contribution < -0.4 is 10.0 Å². The summed E-state index contributed by atoms with van der Waals surface area (Å²) in [7, 11) is -3.18.